The highest BCUT2D eigenvalue weighted by Crippen LogP contribution is 2.23. The molecule has 0 aliphatic carbocycles. The normalized spacial score (nSPS) is 10.7. The first-order chi connectivity index (χ1) is 6.24. The van der Waals surface area contributed by atoms with Crippen molar-refractivity contribution in [3.05, 3.63) is 38.9 Å². The maximum absolute atomic E-state index is 6.02. The van der Waals surface area contributed by atoms with E-state index in [9.17, 15) is 0 Å². The number of halogens is 2. The second-order valence-electron chi connectivity index (χ2n) is 2.57. The number of allylic oxidation sites excluding steroid dienone is 1. The highest BCUT2D eigenvalue weighted by atomic mass is 127. The Morgan fingerprint density at radius 3 is 2.92 bits per heavy atom. The number of rotatable bonds is 3. The molecule has 0 radical (unpaired) electrons. The fourth-order valence-corrected chi connectivity index (χ4v) is 1.84. The average molecular weight is 308 g/mol. The molecule has 1 nitrogen and oxygen atoms in total. The molecule has 3 heteroatoms. The maximum atomic E-state index is 6.02. The molecule has 0 aliphatic heterocycles. The van der Waals surface area contributed by atoms with Crippen molar-refractivity contribution in [2.24, 2.45) is 0 Å². The molecule has 1 N–H and O–H groups in total. The van der Waals surface area contributed by atoms with Crippen LogP contribution < -0.4 is 5.32 Å². The Morgan fingerprint density at radius 2 is 2.31 bits per heavy atom. The second kappa shape index (κ2) is 5.50. The third-order valence-electron chi connectivity index (χ3n) is 1.58. The summed E-state index contributed by atoms with van der Waals surface area (Å²) in [5.74, 6) is 0. The van der Waals surface area contributed by atoms with Crippen molar-refractivity contribution in [2.45, 2.75) is 6.92 Å². The van der Waals surface area contributed by atoms with Crippen LogP contribution in [0.2, 0.25) is 5.02 Å². The van der Waals surface area contributed by atoms with Gasteiger partial charge in [-0.25, -0.2) is 0 Å². The molecular weight excluding hydrogens is 296 g/mol. The van der Waals surface area contributed by atoms with Crippen LogP contribution in [0.25, 0.3) is 0 Å². The Hall–Kier alpha value is -0.220. The topological polar surface area (TPSA) is 12.0 Å². The van der Waals surface area contributed by atoms with Gasteiger partial charge in [-0.2, -0.15) is 0 Å². The number of hydrogen-bond acceptors (Lipinski definition) is 1. The van der Waals surface area contributed by atoms with Gasteiger partial charge in [0.05, 0.1) is 10.7 Å². The highest BCUT2D eigenvalue weighted by Gasteiger charge is 1.97. The SMILES string of the molecule is C/C=C/CNc1ccc(I)cc1Cl. The Kier molecular flexibility index (Phi) is 4.59. The first-order valence-corrected chi connectivity index (χ1v) is 5.50. The summed E-state index contributed by atoms with van der Waals surface area (Å²) >= 11 is 8.26. The molecule has 0 aliphatic rings. The van der Waals surface area contributed by atoms with Gasteiger partial charge in [-0.05, 0) is 47.7 Å². The van der Waals surface area contributed by atoms with Crippen LogP contribution in [-0.2, 0) is 0 Å². The van der Waals surface area contributed by atoms with Gasteiger partial charge in [-0.1, -0.05) is 23.8 Å². The number of anilines is 1. The molecule has 0 atom stereocenters. The van der Waals surface area contributed by atoms with Crippen molar-refractivity contribution in [3.8, 4) is 0 Å². The predicted molar refractivity (Wildman–Crippen MR) is 67.5 cm³/mol. The van der Waals surface area contributed by atoms with Gasteiger partial charge in [-0.15, -0.1) is 0 Å². The lowest BCUT2D eigenvalue weighted by molar-refractivity contribution is 1.32. The van der Waals surface area contributed by atoms with Crippen molar-refractivity contribution >= 4 is 39.9 Å². The van der Waals surface area contributed by atoms with E-state index in [0.29, 0.717) is 0 Å². The quantitative estimate of drug-likeness (QED) is 0.659. The molecule has 0 bridgehead atoms. The molecule has 0 heterocycles. The lowest BCUT2D eigenvalue weighted by Crippen LogP contribution is -1.98. The van der Waals surface area contributed by atoms with Crippen LogP contribution in [0.4, 0.5) is 5.69 Å². The number of benzene rings is 1. The van der Waals surface area contributed by atoms with Crippen molar-refractivity contribution in [3.63, 3.8) is 0 Å². The summed E-state index contributed by atoms with van der Waals surface area (Å²) in [5, 5.41) is 3.99. The van der Waals surface area contributed by atoms with Gasteiger partial charge >= 0.3 is 0 Å². The minimum absolute atomic E-state index is 0.774. The lowest BCUT2D eigenvalue weighted by atomic mass is 10.3. The van der Waals surface area contributed by atoms with Crippen LogP contribution in [0.5, 0.6) is 0 Å². The summed E-state index contributed by atoms with van der Waals surface area (Å²) in [6.45, 7) is 2.81. The first kappa shape index (κ1) is 10.9. The van der Waals surface area contributed by atoms with E-state index in [1.165, 1.54) is 0 Å². The van der Waals surface area contributed by atoms with E-state index in [1.807, 2.05) is 37.3 Å². The van der Waals surface area contributed by atoms with Crippen LogP contribution in [0.3, 0.4) is 0 Å². The molecular formula is C10H11ClIN. The Labute approximate surface area is 97.3 Å². The molecule has 0 saturated heterocycles. The van der Waals surface area contributed by atoms with E-state index in [1.54, 1.807) is 0 Å². The van der Waals surface area contributed by atoms with E-state index < -0.39 is 0 Å². The van der Waals surface area contributed by atoms with E-state index >= 15 is 0 Å². The molecule has 70 valence electrons. The van der Waals surface area contributed by atoms with Crippen LogP contribution in [0.15, 0.2) is 30.4 Å². The summed E-state index contributed by atoms with van der Waals surface area (Å²) in [4.78, 5) is 0. The summed E-state index contributed by atoms with van der Waals surface area (Å²) in [7, 11) is 0. The minimum atomic E-state index is 0.774. The fraction of sp³-hybridized carbons (Fsp3) is 0.200. The van der Waals surface area contributed by atoms with Gasteiger partial charge in [0.25, 0.3) is 0 Å². The molecule has 1 aromatic carbocycles. The minimum Gasteiger partial charge on any atom is -0.380 e. The molecule has 0 unspecified atom stereocenters. The Morgan fingerprint density at radius 1 is 1.54 bits per heavy atom. The van der Waals surface area contributed by atoms with Crippen molar-refractivity contribution in [2.75, 3.05) is 11.9 Å². The van der Waals surface area contributed by atoms with Crippen molar-refractivity contribution < 1.29 is 0 Å². The first-order valence-electron chi connectivity index (χ1n) is 4.04. The maximum Gasteiger partial charge on any atom is 0.0648 e. The fourth-order valence-electron chi connectivity index (χ4n) is 0.920. The molecule has 1 aromatic rings. The molecule has 0 fully saturated rings. The van der Waals surface area contributed by atoms with Gasteiger partial charge in [0.1, 0.15) is 0 Å². The summed E-state index contributed by atoms with van der Waals surface area (Å²) in [5.41, 5.74) is 0.986. The molecule has 0 saturated carbocycles. The van der Waals surface area contributed by atoms with Crippen LogP contribution in [-0.4, -0.2) is 6.54 Å². The van der Waals surface area contributed by atoms with Crippen LogP contribution in [0.1, 0.15) is 6.92 Å². The smallest absolute Gasteiger partial charge is 0.0648 e. The average Bonchev–Trinajstić information content (AvgIpc) is 2.09. The van der Waals surface area contributed by atoms with E-state index in [2.05, 4.69) is 27.9 Å². The van der Waals surface area contributed by atoms with E-state index in [4.69, 9.17) is 11.6 Å². The molecule has 0 amide bonds. The highest BCUT2D eigenvalue weighted by molar-refractivity contribution is 14.1. The zero-order valence-corrected chi connectivity index (χ0v) is 10.3. The standard InChI is InChI=1S/C10H11ClIN/c1-2-3-6-13-10-5-4-8(12)7-9(10)11/h2-5,7,13H,6H2,1H3/b3-2+. The largest absolute Gasteiger partial charge is 0.380 e. The van der Waals surface area contributed by atoms with E-state index in [-0.39, 0.29) is 0 Å². The van der Waals surface area contributed by atoms with Crippen LogP contribution in [0, 0.1) is 3.57 Å². The molecule has 0 spiro atoms. The second-order valence-corrected chi connectivity index (χ2v) is 4.23. The monoisotopic (exact) mass is 307 g/mol. The molecule has 1 rings (SSSR count). The Bertz CT molecular complexity index is 310. The Balaban J connectivity index is 2.66. The van der Waals surface area contributed by atoms with Crippen molar-refractivity contribution in [1.82, 2.24) is 0 Å². The zero-order valence-electron chi connectivity index (χ0n) is 7.35. The van der Waals surface area contributed by atoms with Crippen LogP contribution >= 0.6 is 34.2 Å². The van der Waals surface area contributed by atoms with Gasteiger partial charge in [-0.3, -0.25) is 0 Å². The third-order valence-corrected chi connectivity index (χ3v) is 2.56. The van der Waals surface area contributed by atoms with Gasteiger partial charge in [0.15, 0.2) is 0 Å². The molecule has 13 heavy (non-hydrogen) atoms. The van der Waals surface area contributed by atoms with E-state index in [0.717, 1.165) is 20.8 Å². The van der Waals surface area contributed by atoms with Gasteiger partial charge in [0.2, 0.25) is 0 Å². The molecule has 0 aromatic heterocycles. The summed E-state index contributed by atoms with van der Waals surface area (Å²) < 4.78 is 1.15. The number of nitrogens with one attached hydrogen (secondary N) is 1. The van der Waals surface area contributed by atoms with Crippen molar-refractivity contribution in [1.29, 1.82) is 0 Å². The third kappa shape index (κ3) is 3.56. The summed E-state index contributed by atoms with van der Waals surface area (Å²) in [6, 6.07) is 5.97. The predicted octanol–water partition coefficient (Wildman–Crippen LogP) is 3.93. The van der Waals surface area contributed by atoms with Gasteiger partial charge in [0, 0.05) is 10.1 Å². The lowest BCUT2D eigenvalue weighted by Gasteiger charge is -2.05. The zero-order chi connectivity index (χ0) is 9.68. The summed E-state index contributed by atoms with van der Waals surface area (Å²) in [6.07, 6.45) is 4.06. The van der Waals surface area contributed by atoms with Gasteiger partial charge < -0.3 is 5.32 Å². The number of hydrogen-bond donors (Lipinski definition) is 1.